The van der Waals surface area contributed by atoms with E-state index in [1.807, 2.05) is 37.5 Å². The second kappa shape index (κ2) is 7.08. The van der Waals surface area contributed by atoms with Gasteiger partial charge in [0.2, 0.25) is 11.8 Å². The molecular weight excluding hydrogens is 386 g/mol. The number of hydrogen-bond donors (Lipinski definition) is 1. The summed E-state index contributed by atoms with van der Waals surface area (Å²) in [7, 11) is 3.74. The zero-order valence-corrected chi connectivity index (χ0v) is 17.4. The summed E-state index contributed by atoms with van der Waals surface area (Å²) in [5.74, 6) is -2.02. The van der Waals surface area contributed by atoms with E-state index in [0.717, 1.165) is 21.9 Å². The zero-order chi connectivity index (χ0) is 21.7. The number of imide groups is 2. The van der Waals surface area contributed by atoms with E-state index in [1.54, 1.807) is 18.2 Å². The van der Waals surface area contributed by atoms with Gasteiger partial charge in [-0.15, -0.1) is 0 Å². The Hall–Kier alpha value is -3.49. The minimum absolute atomic E-state index is 0.0934. The maximum atomic E-state index is 13.2. The molecule has 1 aromatic carbocycles. The fraction of sp³-hybridized carbons (Fsp3) is 0.381. The lowest BCUT2D eigenvalue weighted by Gasteiger charge is -2.28. The van der Waals surface area contributed by atoms with E-state index >= 15 is 0 Å². The van der Waals surface area contributed by atoms with Crippen molar-refractivity contribution in [3.05, 3.63) is 46.3 Å². The summed E-state index contributed by atoms with van der Waals surface area (Å²) in [6.07, 6.45) is 0.228. The first-order valence-corrected chi connectivity index (χ1v) is 9.75. The molecule has 0 radical (unpaired) electrons. The molecule has 2 aliphatic heterocycles. The first-order valence-electron chi connectivity index (χ1n) is 9.75. The lowest BCUT2D eigenvalue weighted by Crippen LogP contribution is -2.54. The molecule has 1 atom stereocenters. The van der Waals surface area contributed by atoms with Gasteiger partial charge in [-0.1, -0.05) is 6.07 Å². The first kappa shape index (κ1) is 19.8. The number of aryl methyl sites for hydroxylation is 2. The highest BCUT2D eigenvalue weighted by Crippen LogP contribution is 2.34. The van der Waals surface area contributed by atoms with Crippen LogP contribution in [0.15, 0.2) is 18.2 Å². The van der Waals surface area contributed by atoms with E-state index in [0.29, 0.717) is 12.2 Å². The van der Waals surface area contributed by atoms with Crippen LogP contribution in [0, 0.1) is 13.8 Å². The van der Waals surface area contributed by atoms with E-state index in [-0.39, 0.29) is 24.0 Å². The average Bonchev–Trinajstić information content (AvgIpc) is 3.09. The number of amides is 4. The van der Waals surface area contributed by atoms with Crippen LogP contribution in [0.4, 0.5) is 5.69 Å². The van der Waals surface area contributed by atoms with Gasteiger partial charge >= 0.3 is 0 Å². The molecular formula is C21H23N5O4. The van der Waals surface area contributed by atoms with Crippen LogP contribution >= 0.6 is 0 Å². The van der Waals surface area contributed by atoms with Gasteiger partial charge < -0.3 is 4.90 Å². The molecule has 3 heterocycles. The molecule has 1 aromatic heterocycles. The van der Waals surface area contributed by atoms with Gasteiger partial charge in [0.25, 0.3) is 11.8 Å². The van der Waals surface area contributed by atoms with Gasteiger partial charge in [0, 0.05) is 38.3 Å². The quantitative estimate of drug-likeness (QED) is 0.758. The maximum absolute atomic E-state index is 13.2. The fourth-order valence-corrected chi connectivity index (χ4v) is 4.18. The molecule has 2 aromatic rings. The minimum atomic E-state index is -0.976. The van der Waals surface area contributed by atoms with Crippen LogP contribution in [-0.4, -0.2) is 51.4 Å². The molecule has 1 N–H and O–H groups in total. The van der Waals surface area contributed by atoms with Gasteiger partial charge in [-0.25, -0.2) is 0 Å². The highest BCUT2D eigenvalue weighted by molar-refractivity contribution is 6.25. The van der Waals surface area contributed by atoms with Crippen LogP contribution in [0.1, 0.15) is 50.5 Å². The number of benzene rings is 1. The summed E-state index contributed by atoms with van der Waals surface area (Å²) in [4.78, 5) is 52.9. The lowest BCUT2D eigenvalue weighted by molar-refractivity contribution is -0.136. The SMILES string of the molecule is Cc1nn(C)c(C)c1CN(C)c1cccc2c1C(=O)N(C1CCC(=O)NC1=O)C2=O. The van der Waals surface area contributed by atoms with Gasteiger partial charge in [0.05, 0.1) is 22.5 Å². The van der Waals surface area contributed by atoms with Gasteiger partial charge in [-0.3, -0.25) is 34.1 Å². The monoisotopic (exact) mass is 409 g/mol. The number of rotatable bonds is 4. The van der Waals surface area contributed by atoms with Crippen molar-refractivity contribution >= 4 is 29.3 Å². The molecule has 9 heteroatoms. The summed E-state index contributed by atoms with van der Waals surface area (Å²) in [5, 5.41) is 6.65. The number of aromatic nitrogens is 2. The first-order chi connectivity index (χ1) is 14.2. The zero-order valence-electron chi connectivity index (χ0n) is 17.4. The third-order valence-corrected chi connectivity index (χ3v) is 5.91. The fourth-order valence-electron chi connectivity index (χ4n) is 4.18. The summed E-state index contributed by atoms with van der Waals surface area (Å²) < 4.78 is 1.81. The van der Waals surface area contributed by atoms with Crippen LogP contribution in [-0.2, 0) is 23.2 Å². The molecule has 1 saturated heterocycles. The Morgan fingerprint density at radius 1 is 1.17 bits per heavy atom. The number of carbonyl (C=O) groups excluding carboxylic acids is 4. The van der Waals surface area contributed by atoms with E-state index in [1.165, 1.54) is 0 Å². The molecule has 1 unspecified atom stereocenters. The second-order valence-electron chi connectivity index (χ2n) is 7.78. The Balaban J connectivity index is 1.68. The van der Waals surface area contributed by atoms with Crippen molar-refractivity contribution in [2.75, 3.05) is 11.9 Å². The van der Waals surface area contributed by atoms with E-state index < -0.39 is 29.7 Å². The van der Waals surface area contributed by atoms with E-state index in [4.69, 9.17) is 0 Å². The van der Waals surface area contributed by atoms with Gasteiger partial charge in [-0.2, -0.15) is 5.10 Å². The number of carbonyl (C=O) groups is 4. The number of anilines is 1. The Kier molecular flexibility index (Phi) is 4.68. The van der Waals surface area contributed by atoms with Crippen molar-refractivity contribution in [2.45, 2.75) is 39.3 Å². The van der Waals surface area contributed by atoms with Crippen LogP contribution < -0.4 is 10.2 Å². The molecule has 0 bridgehead atoms. The molecule has 4 rings (SSSR count). The van der Waals surface area contributed by atoms with Gasteiger partial charge in [-0.05, 0) is 32.4 Å². The number of hydrogen-bond acceptors (Lipinski definition) is 6. The molecule has 1 fully saturated rings. The molecule has 9 nitrogen and oxygen atoms in total. The van der Waals surface area contributed by atoms with Gasteiger partial charge in [0.1, 0.15) is 6.04 Å². The number of piperidine rings is 1. The van der Waals surface area contributed by atoms with Gasteiger partial charge in [0.15, 0.2) is 0 Å². The van der Waals surface area contributed by atoms with E-state index in [2.05, 4.69) is 10.4 Å². The lowest BCUT2D eigenvalue weighted by atomic mass is 10.0. The normalized spacial score (nSPS) is 18.7. The van der Waals surface area contributed by atoms with Crippen molar-refractivity contribution < 1.29 is 19.2 Å². The van der Waals surface area contributed by atoms with Crippen LogP contribution in [0.25, 0.3) is 0 Å². The second-order valence-corrected chi connectivity index (χ2v) is 7.78. The molecule has 0 spiro atoms. The predicted octanol–water partition coefficient (Wildman–Crippen LogP) is 1.07. The summed E-state index contributed by atoms with van der Waals surface area (Å²) >= 11 is 0. The third kappa shape index (κ3) is 2.97. The summed E-state index contributed by atoms with van der Waals surface area (Å²) in [6, 6.07) is 4.14. The van der Waals surface area contributed by atoms with Crippen molar-refractivity contribution in [2.24, 2.45) is 7.05 Å². The molecule has 4 amide bonds. The van der Waals surface area contributed by atoms with Crippen LogP contribution in [0.5, 0.6) is 0 Å². The van der Waals surface area contributed by atoms with Crippen LogP contribution in [0.3, 0.4) is 0 Å². The highest BCUT2D eigenvalue weighted by atomic mass is 16.2. The maximum Gasteiger partial charge on any atom is 0.264 e. The van der Waals surface area contributed by atoms with Crippen molar-refractivity contribution in [3.63, 3.8) is 0 Å². The van der Waals surface area contributed by atoms with Crippen molar-refractivity contribution in [1.82, 2.24) is 20.0 Å². The Morgan fingerprint density at radius 2 is 1.90 bits per heavy atom. The molecule has 0 aliphatic carbocycles. The Labute approximate surface area is 173 Å². The molecule has 0 saturated carbocycles. The third-order valence-electron chi connectivity index (χ3n) is 5.91. The smallest absolute Gasteiger partial charge is 0.264 e. The molecule has 30 heavy (non-hydrogen) atoms. The number of nitrogens with one attached hydrogen (secondary N) is 1. The largest absolute Gasteiger partial charge is 0.369 e. The van der Waals surface area contributed by atoms with Crippen LogP contribution in [0.2, 0.25) is 0 Å². The van der Waals surface area contributed by atoms with Crippen molar-refractivity contribution in [1.29, 1.82) is 0 Å². The molecule has 156 valence electrons. The van der Waals surface area contributed by atoms with E-state index in [9.17, 15) is 19.2 Å². The Bertz CT molecular complexity index is 1100. The van der Waals surface area contributed by atoms with Crippen molar-refractivity contribution in [3.8, 4) is 0 Å². The molecule has 2 aliphatic rings. The number of fused-ring (bicyclic) bond motifs is 1. The Morgan fingerprint density at radius 3 is 2.53 bits per heavy atom. The topological polar surface area (TPSA) is 105 Å². The highest BCUT2D eigenvalue weighted by Gasteiger charge is 2.45. The predicted molar refractivity (Wildman–Crippen MR) is 108 cm³/mol. The standard InChI is InChI=1S/C21H23N5O4/c1-11-14(12(2)25(4)23-11)10-24(3)15-7-5-6-13-18(15)21(30)26(20(13)29)16-8-9-17(27)22-19(16)28/h5-7,16H,8-10H2,1-4H3,(H,22,27,28). The summed E-state index contributed by atoms with van der Waals surface area (Å²) in [6.45, 7) is 4.44. The minimum Gasteiger partial charge on any atom is -0.369 e. The summed E-state index contributed by atoms with van der Waals surface area (Å²) in [5.41, 5.74) is 4.16. The average molecular weight is 409 g/mol. The number of nitrogens with zero attached hydrogens (tertiary/aromatic N) is 4.